The topological polar surface area (TPSA) is 78.1 Å². The van der Waals surface area contributed by atoms with E-state index in [4.69, 9.17) is 11.6 Å². The molecule has 1 unspecified atom stereocenters. The Balaban J connectivity index is 1.81. The first kappa shape index (κ1) is 15.5. The van der Waals surface area contributed by atoms with Crippen LogP contribution in [0.15, 0.2) is 24.4 Å². The van der Waals surface area contributed by atoms with Crippen LogP contribution < -0.4 is 5.32 Å². The number of halogens is 2. The Hall–Kier alpha value is -2.41. The van der Waals surface area contributed by atoms with Crippen molar-refractivity contribution in [1.29, 1.82) is 0 Å². The molecule has 23 heavy (non-hydrogen) atoms. The summed E-state index contributed by atoms with van der Waals surface area (Å²) < 4.78 is 13.3. The summed E-state index contributed by atoms with van der Waals surface area (Å²) in [5.41, 5.74) is 1.32. The van der Waals surface area contributed by atoms with E-state index < -0.39 is 5.82 Å². The number of rotatable bonds is 3. The minimum atomic E-state index is -0.534. The van der Waals surface area contributed by atoms with E-state index in [1.165, 1.54) is 24.4 Å². The van der Waals surface area contributed by atoms with Gasteiger partial charge in [0.1, 0.15) is 5.82 Å². The van der Waals surface area contributed by atoms with Crippen molar-refractivity contribution in [3.05, 3.63) is 40.8 Å². The first-order chi connectivity index (χ1) is 11.0. The number of H-pyrrole nitrogens is 1. The third-order valence-corrected chi connectivity index (χ3v) is 4.06. The van der Waals surface area contributed by atoms with E-state index in [9.17, 15) is 14.0 Å². The van der Waals surface area contributed by atoms with Crippen LogP contribution in [0.25, 0.3) is 11.3 Å². The number of likely N-dealkylation sites (N-methyl/N-ethyl adjacent to an activating group) is 1. The average Bonchev–Trinajstić information content (AvgIpc) is 3.09. The van der Waals surface area contributed by atoms with Crippen LogP contribution in [0.1, 0.15) is 16.8 Å². The van der Waals surface area contributed by atoms with Gasteiger partial charge in [-0.15, -0.1) is 0 Å². The molecule has 1 aliphatic rings. The Labute approximate surface area is 136 Å². The summed E-state index contributed by atoms with van der Waals surface area (Å²) in [5, 5.41) is 9.37. The summed E-state index contributed by atoms with van der Waals surface area (Å²) in [6.07, 6.45) is 1.67. The van der Waals surface area contributed by atoms with Crippen molar-refractivity contribution in [3.8, 4) is 11.3 Å². The Bertz CT molecular complexity index is 777. The zero-order valence-corrected chi connectivity index (χ0v) is 13.0. The lowest BCUT2D eigenvalue weighted by Crippen LogP contribution is -2.36. The highest BCUT2D eigenvalue weighted by molar-refractivity contribution is 6.31. The van der Waals surface area contributed by atoms with Crippen molar-refractivity contribution < 1.29 is 14.0 Å². The molecular formula is C15H14ClFN4O2. The van der Waals surface area contributed by atoms with E-state index in [0.29, 0.717) is 23.4 Å². The van der Waals surface area contributed by atoms with Crippen LogP contribution in [-0.2, 0) is 4.79 Å². The third kappa shape index (κ3) is 3.05. The normalized spacial score (nSPS) is 17.6. The SMILES string of the molecule is CN1CC(NC(=O)c2cn[nH]c2-c2ccc(F)c(Cl)c2)CC1=O. The van der Waals surface area contributed by atoms with Gasteiger partial charge in [-0.3, -0.25) is 14.7 Å². The number of carbonyl (C=O) groups excluding carboxylic acids is 2. The number of carbonyl (C=O) groups is 2. The molecule has 0 aliphatic carbocycles. The number of nitrogens with one attached hydrogen (secondary N) is 2. The predicted molar refractivity (Wildman–Crippen MR) is 82.5 cm³/mol. The number of benzene rings is 1. The molecule has 0 saturated carbocycles. The number of amides is 2. The molecule has 0 bridgehead atoms. The number of hydrogen-bond acceptors (Lipinski definition) is 3. The molecule has 2 heterocycles. The van der Waals surface area contributed by atoms with Gasteiger partial charge in [-0.2, -0.15) is 5.10 Å². The molecule has 0 spiro atoms. The standard InChI is InChI=1S/C15H14ClFN4O2/c1-21-7-9(5-13(21)22)19-15(23)10-6-18-20-14(10)8-2-3-12(17)11(16)4-8/h2-4,6,9H,5,7H2,1H3,(H,18,20)(H,19,23). The van der Waals surface area contributed by atoms with E-state index in [0.717, 1.165) is 0 Å². The summed E-state index contributed by atoms with van der Waals surface area (Å²) in [7, 11) is 1.69. The molecule has 1 aliphatic heterocycles. The van der Waals surface area contributed by atoms with Crippen LogP contribution in [0.4, 0.5) is 4.39 Å². The first-order valence-electron chi connectivity index (χ1n) is 6.99. The molecule has 1 atom stereocenters. The maximum absolute atomic E-state index is 13.3. The Morgan fingerprint density at radius 3 is 2.96 bits per heavy atom. The summed E-state index contributed by atoms with van der Waals surface area (Å²) >= 11 is 5.78. The maximum Gasteiger partial charge on any atom is 0.255 e. The Morgan fingerprint density at radius 1 is 1.52 bits per heavy atom. The van der Waals surface area contributed by atoms with E-state index in [2.05, 4.69) is 15.5 Å². The molecule has 1 fully saturated rings. The highest BCUT2D eigenvalue weighted by atomic mass is 35.5. The molecule has 3 rings (SSSR count). The molecule has 120 valence electrons. The van der Waals surface area contributed by atoms with Gasteiger partial charge in [0.2, 0.25) is 5.91 Å². The van der Waals surface area contributed by atoms with E-state index in [-0.39, 0.29) is 29.3 Å². The van der Waals surface area contributed by atoms with Crippen molar-refractivity contribution >= 4 is 23.4 Å². The highest BCUT2D eigenvalue weighted by Gasteiger charge is 2.29. The van der Waals surface area contributed by atoms with Crippen LogP contribution in [0.3, 0.4) is 0 Å². The van der Waals surface area contributed by atoms with Gasteiger partial charge in [0, 0.05) is 25.6 Å². The number of nitrogens with zero attached hydrogens (tertiary/aromatic N) is 2. The van der Waals surface area contributed by atoms with Gasteiger partial charge in [0.25, 0.3) is 5.91 Å². The fourth-order valence-corrected chi connectivity index (χ4v) is 2.73. The number of aromatic amines is 1. The molecule has 8 heteroatoms. The summed E-state index contributed by atoms with van der Waals surface area (Å²) in [6.45, 7) is 0.472. The largest absolute Gasteiger partial charge is 0.347 e. The number of likely N-dealkylation sites (tertiary alicyclic amines) is 1. The van der Waals surface area contributed by atoms with Gasteiger partial charge in [-0.25, -0.2) is 4.39 Å². The fourth-order valence-electron chi connectivity index (χ4n) is 2.55. The van der Waals surface area contributed by atoms with E-state index >= 15 is 0 Å². The number of aromatic nitrogens is 2. The van der Waals surface area contributed by atoms with Gasteiger partial charge in [0.05, 0.1) is 28.5 Å². The average molecular weight is 337 g/mol. The van der Waals surface area contributed by atoms with Crippen LogP contribution in [0.2, 0.25) is 5.02 Å². The number of hydrogen-bond donors (Lipinski definition) is 2. The smallest absolute Gasteiger partial charge is 0.255 e. The minimum Gasteiger partial charge on any atom is -0.347 e. The van der Waals surface area contributed by atoms with Crippen LogP contribution in [-0.4, -0.2) is 46.5 Å². The predicted octanol–water partition coefficient (Wildman–Crippen LogP) is 1.83. The summed E-state index contributed by atoms with van der Waals surface area (Å²) in [6, 6.07) is 3.93. The van der Waals surface area contributed by atoms with Gasteiger partial charge in [-0.05, 0) is 18.2 Å². The monoisotopic (exact) mass is 336 g/mol. The van der Waals surface area contributed by atoms with Crippen molar-refractivity contribution in [2.24, 2.45) is 0 Å². The molecule has 2 aromatic rings. The molecule has 1 aromatic heterocycles. The van der Waals surface area contributed by atoms with Crippen LogP contribution >= 0.6 is 11.6 Å². The third-order valence-electron chi connectivity index (χ3n) is 3.77. The first-order valence-corrected chi connectivity index (χ1v) is 7.37. The van der Waals surface area contributed by atoms with Gasteiger partial charge in [0.15, 0.2) is 0 Å². The second-order valence-electron chi connectivity index (χ2n) is 5.44. The van der Waals surface area contributed by atoms with Gasteiger partial charge >= 0.3 is 0 Å². The van der Waals surface area contributed by atoms with Gasteiger partial charge in [-0.1, -0.05) is 11.6 Å². The van der Waals surface area contributed by atoms with Crippen molar-refractivity contribution in [2.45, 2.75) is 12.5 Å². The highest BCUT2D eigenvalue weighted by Crippen LogP contribution is 2.26. The Kier molecular flexibility index (Phi) is 4.04. The van der Waals surface area contributed by atoms with E-state index in [1.807, 2.05) is 0 Å². The van der Waals surface area contributed by atoms with Crippen molar-refractivity contribution in [2.75, 3.05) is 13.6 Å². The molecule has 1 saturated heterocycles. The minimum absolute atomic E-state index is 0.00645. The quantitative estimate of drug-likeness (QED) is 0.897. The summed E-state index contributed by atoms with van der Waals surface area (Å²) in [5.74, 6) is -0.885. The molecule has 6 nitrogen and oxygen atoms in total. The maximum atomic E-state index is 13.3. The second kappa shape index (κ2) is 6.00. The lowest BCUT2D eigenvalue weighted by Gasteiger charge is -2.12. The van der Waals surface area contributed by atoms with Crippen LogP contribution in [0.5, 0.6) is 0 Å². The molecule has 1 aromatic carbocycles. The lowest BCUT2D eigenvalue weighted by molar-refractivity contribution is -0.126. The molecule has 0 radical (unpaired) electrons. The fraction of sp³-hybridized carbons (Fsp3) is 0.267. The van der Waals surface area contributed by atoms with Crippen molar-refractivity contribution in [1.82, 2.24) is 20.4 Å². The van der Waals surface area contributed by atoms with Gasteiger partial charge < -0.3 is 10.2 Å². The van der Waals surface area contributed by atoms with Crippen LogP contribution in [0, 0.1) is 5.82 Å². The van der Waals surface area contributed by atoms with E-state index in [1.54, 1.807) is 11.9 Å². The lowest BCUT2D eigenvalue weighted by atomic mass is 10.1. The molecule has 2 amide bonds. The zero-order chi connectivity index (χ0) is 16.6. The summed E-state index contributed by atoms with van der Waals surface area (Å²) in [4.78, 5) is 25.5. The Morgan fingerprint density at radius 2 is 2.30 bits per heavy atom. The molecule has 2 N–H and O–H groups in total. The molecular weight excluding hydrogens is 323 g/mol. The second-order valence-corrected chi connectivity index (χ2v) is 5.84. The zero-order valence-electron chi connectivity index (χ0n) is 12.3. The van der Waals surface area contributed by atoms with Crippen molar-refractivity contribution in [3.63, 3.8) is 0 Å².